The van der Waals surface area contributed by atoms with Crippen molar-refractivity contribution < 1.29 is 0 Å². The van der Waals surface area contributed by atoms with Gasteiger partial charge in [-0.15, -0.1) is 0 Å². The van der Waals surface area contributed by atoms with E-state index in [4.69, 9.17) is 21.6 Å². The van der Waals surface area contributed by atoms with Crippen LogP contribution in [0.2, 0.25) is 5.02 Å². The van der Waals surface area contributed by atoms with Crippen LogP contribution in [0.15, 0.2) is 164 Å². The van der Waals surface area contributed by atoms with Crippen LogP contribution in [-0.2, 0) is 0 Å². The third kappa shape index (κ3) is 5.61. The standard InChI is InChI=1S/C40H27ClN2/c41-37-21-10-9-20-36(37)35-19-8-7-18-34(35)32-16-11-17-33(26-32)39-27-38(42-40(43-39)31-14-5-2-6-15-31)30-24-22-29(23-25-30)28-12-3-1-4-13-28/h1-27H. The second-order valence-electron chi connectivity index (χ2n) is 10.4. The smallest absolute Gasteiger partial charge is 0.160 e. The first-order chi connectivity index (χ1) is 21.2. The van der Waals surface area contributed by atoms with E-state index in [2.05, 4.69) is 121 Å². The summed E-state index contributed by atoms with van der Waals surface area (Å²) in [4.78, 5) is 10.1. The highest BCUT2D eigenvalue weighted by atomic mass is 35.5. The van der Waals surface area contributed by atoms with Crippen LogP contribution < -0.4 is 0 Å². The summed E-state index contributed by atoms with van der Waals surface area (Å²) < 4.78 is 0. The fraction of sp³-hybridized carbons (Fsp3) is 0. The van der Waals surface area contributed by atoms with Crippen LogP contribution in [0.4, 0.5) is 0 Å². The average Bonchev–Trinajstić information content (AvgIpc) is 3.09. The van der Waals surface area contributed by atoms with Gasteiger partial charge < -0.3 is 0 Å². The van der Waals surface area contributed by atoms with E-state index in [1.54, 1.807) is 0 Å². The Hall–Kier alpha value is -5.31. The zero-order valence-corrected chi connectivity index (χ0v) is 24.1. The molecule has 2 nitrogen and oxygen atoms in total. The van der Waals surface area contributed by atoms with E-state index in [0.717, 1.165) is 55.4 Å². The maximum atomic E-state index is 6.62. The van der Waals surface area contributed by atoms with Crippen molar-refractivity contribution in [3.63, 3.8) is 0 Å². The Balaban J connectivity index is 1.33. The van der Waals surface area contributed by atoms with Gasteiger partial charge in [0, 0.05) is 27.3 Å². The number of rotatable bonds is 6. The minimum absolute atomic E-state index is 0.696. The van der Waals surface area contributed by atoms with E-state index in [9.17, 15) is 0 Å². The molecule has 43 heavy (non-hydrogen) atoms. The van der Waals surface area contributed by atoms with Crippen LogP contribution in [0.1, 0.15) is 0 Å². The lowest BCUT2D eigenvalue weighted by Crippen LogP contribution is -1.96. The molecule has 7 aromatic rings. The zero-order chi connectivity index (χ0) is 29.0. The highest BCUT2D eigenvalue weighted by molar-refractivity contribution is 6.33. The molecule has 1 aromatic heterocycles. The molecule has 0 saturated carbocycles. The number of hydrogen-bond acceptors (Lipinski definition) is 2. The van der Waals surface area contributed by atoms with Crippen molar-refractivity contribution in [1.82, 2.24) is 9.97 Å². The SMILES string of the molecule is Clc1ccccc1-c1ccccc1-c1cccc(-c2cc(-c3ccc(-c4ccccc4)cc3)nc(-c3ccccc3)n2)c1. The van der Waals surface area contributed by atoms with Crippen molar-refractivity contribution in [3.8, 4) is 67.3 Å². The molecule has 0 spiro atoms. The highest BCUT2D eigenvalue weighted by Crippen LogP contribution is 2.37. The predicted octanol–water partition coefficient (Wildman–Crippen LogP) is 11.1. The van der Waals surface area contributed by atoms with Crippen LogP contribution >= 0.6 is 11.6 Å². The number of aromatic nitrogens is 2. The monoisotopic (exact) mass is 570 g/mol. The second kappa shape index (κ2) is 11.9. The molecule has 0 atom stereocenters. The van der Waals surface area contributed by atoms with Gasteiger partial charge in [-0.1, -0.05) is 157 Å². The third-order valence-corrected chi connectivity index (χ3v) is 7.94. The molecule has 0 aliphatic carbocycles. The van der Waals surface area contributed by atoms with Crippen LogP contribution in [0.5, 0.6) is 0 Å². The van der Waals surface area contributed by atoms with Gasteiger partial charge in [0.05, 0.1) is 11.4 Å². The van der Waals surface area contributed by atoms with Crippen molar-refractivity contribution in [2.24, 2.45) is 0 Å². The van der Waals surface area contributed by atoms with Crippen molar-refractivity contribution in [1.29, 1.82) is 0 Å². The molecule has 0 bridgehead atoms. The summed E-state index contributed by atoms with van der Waals surface area (Å²) >= 11 is 6.62. The Bertz CT molecular complexity index is 2020. The summed E-state index contributed by atoms with van der Waals surface area (Å²) in [5.41, 5.74) is 11.5. The molecular weight excluding hydrogens is 544 g/mol. The number of benzene rings is 6. The predicted molar refractivity (Wildman–Crippen MR) is 180 cm³/mol. The van der Waals surface area contributed by atoms with E-state index in [0.29, 0.717) is 5.82 Å². The molecule has 6 aromatic carbocycles. The molecule has 7 rings (SSSR count). The largest absolute Gasteiger partial charge is 0.228 e. The molecule has 204 valence electrons. The topological polar surface area (TPSA) is 25.8 Å². The summed E-state index contributed by atoms with van der Waals surface area (Å²) in [5, 5.41) is 0.734. The van der Waals surface area contributed by atoms with Gasteiger partial charge in [0.15, 0.2) is 5.82 Å². The van der Waals surface area contributed by atoms with Gasteiger partial charge in [-0.2, -0.15) is 0 Å². The minimum atomic E-state index is 0.696. The van der Waals surface area contributed by atoms with Crippen molar-refractivity contribution in [2.45, 2.75) is 0 Å². The summed E-state index contributed by atoms with van der Waals surface area (Å²) in [6, 6.07) is 56.2. The van der Waals surface area contributed by atoms with Gasteiger partial charge in [-0.25, -0.2) is 9.97 Å². The van der Waals surface area contributed by atoms with Crippen LogP contribution in [0.25, 0.3) is 67.3 Å². The molecule has 0 aliphatic rings. The van der Waals surface area contributed by atoms with E-state index in [1.165, 1.54) is 11.1 Å². The number of halogens is 1. The Morgan fingerprint density at radius 2 is 0.814 bits per heavy atom. The minimum Gasteiger partial charge on any atom is -0.228 e. The molecule has 0 amide bonds. The van der Waals surface area contributed by atoms with Gasteiger partial charge in [-0.05, 0) is 46.0 Å². The van der Waals surface area contributed by atoms with Crippen molar-refractivity contribution in [2.75, 3.05) is 0 Å². The van der Waals surface area contributed by atoms with E-state index >= 15 is 0 Å². The Labute approximate surface area is 257 Å². The van der Waals surface area contributed by atoms with Crippen molar-refractivity contribution >= 4 is 11.6 Å². The molecule has 0 radical (unpaired) electrons. The van der Waals surface area contributed by atoms with E-state index < -0.39 is 0 Å². The summed E-state index contributed by atoms with van der Waals surface area (Å²) in [6.07, 6.45) is 0. The quantitative estimate of drug-likeness (QED) is 0.199. The zero-order valence-electron chi connectivity index (χ0n) is 23.4. The van der Waals surface area contributed by atoms with Crippen molar-refractivity contribution in [3.05, 3.63) is 169 Å². The first kappa shape index (κ1) is 26.6. The number of nitrogens with zero attached hydrogens (tertiary/aromatic N) is 2. The maximum absolute atomic E-state index is 6.62. The molecule has 1 heterocycles. The normalized spacial score (nSPS) is 10.9. The van der Waals surface area contributed by atoms with Crippen LogP contribution in [-0.4, -0.2) is 9.97 Å². The van der Waals surface area contributed by atoms with Gasteiger partial charge in [0.1, 0.15) is 0 Å². The van der Waals surface area contributed by atoms with Crippen LogP contribution in [0, 0.1) is 0 Å². The molecule has 0 N–H and O–H groups in total. The van der Waals surface area contributed by atoms with E-state index in [-0.39, 0.29) is 0 Å². The van der Waals surface area contributed by atoms with Crippen LogP contribution in [0.3, 0.4) is 0 Å². The second-order valence-corrected chi connectivity index (χ2v) is 10.8. The van der Waals surface area contributed by atoms with E-state index in [1.807, 2.05) is 42.5 Å². The molecule has 0 saturated heterocycles. The molecule has 0 aliphatic heterocycles. The summed E-state index contributed by atoms with van der Waals surface area (Å²) in [6.45, 7) is 0. The summed E-state index contributed by atoms with van der Waals surface area (Å²) in [7, 11) is 0. The third-order valence-electron chi connectivity index (χ3n) is 7.61. The lowest BCUT2D eigenvalue weighted by molar-refractivity contribution is 1.18. The Kier molecular flexibility index (Phi) is 7.35. The fourth-order valence-electron chi connectivity index (χ4n) is 5.42. The van der Waals surface area contributed by atoms with Gasteiger partial charge in [0.25, 0.3) is 0 Å². The van der Waals surface area contributed by atoms with Gasteiger partial charge in [-0.3, -0.25) is 0 Å². The average molecular weight is 571 g/mol. The fourth-order valence-corrected chi connectivity index (χ4v) is 5.66. The highest BCUT2D eigenvalue weighted by Gasteiger charge is 2.14. The molecular formula is C40H27ClN2. The van der Waals surface area contributed by atoms with Gasteiger partial charge in [0.2, 0.25) is 0 Å². The first-order valence-electron chi connectivity index (χ1n) is 14.3. The number of hydrogen-bond donors (Lipinski definition) is 0. The maximum Gasteiger partial charge on any atom is 0.160 e. The lowest BCUT2D eigenvalue weighted by Gasteiger charge is -2.13. The van der Waals surface area contributed by atoms with Gasteiger partial charge >= 0.3 is 0 Å². The molecule has 0 fully saturated rings. The summed E-state index contributed by atoms with van der Waals surface area (Å²) in [5.74, 6) is 0.696. The first-order valence-corrected chi connectivity index (χ1v) is 14.7. The molecule has 3 heteroatoms. The molecule has 0 unspecified atom stereocenters. The lowest BCUT2D eigenvalue weighted by atomic mass is 9.93. The Morgan fingerprint density at radius 3 is 1.51 bits per heavy atom. The Morgan fingerprint density at radius 1 is 0.326 bits per heavy atom.